The lowest BCUT2D eigenvalue weighted by Crippen LogP contribution is -2.27. The predicted molar refractivity (Wildman–Crippen MR) is 76.5 cm³/mol. The van der Waals surface area contributed by atoms with E-state index in [1.807, 2.05) is 0 Å². The van der Waals surface area contributed by atoms with Gasteiger partial charge in [-0.05, 0) is 23.6 Å². The average molecular weight is 306 g/mol. The molecule has 0 radical (unpaired) electrons. The van der Waals surface area contributed by atoms with Crippen molar-refractivity contribution in [2.75, 3.05) is 0 Å². The Kier molecular flexibility index (Phi) is 4.39. The summed E-state index contributed by atoms with van der Waals surface area (Å²) in [6, 6.07) is 15.4. The summed E-state index contributed by atoms with van der Waals surface area (Å²) >= 11 is 0. The van der Waals surface area contributed by atoms with Gasteiger partial charge in [0.25, 0.3) is 9.84 Å². The molecular formula is C16H12F2O2S. The molecule has 0 spiro atoms. The second-order valence-corrected chi connectivity index (χ2v) is 6.29. The van der Waals surface area contributed by atoms with Gasteiger partial charge in [0.2, 0.25) is 0 Å². The fourth-order valence-corrected chi connectivity index (χ4v) is 2.68. The molecule has 0 amide bonds. The lowest BCUT2D eigenvalue weighted by atomic mass is 10.2. The van der Waals surface area contributed by atoms with Gasteiger partial charge in [-0.2, -0.15) is 8.78 Å². The van der Waals surface area contributed by atoms with Crippen molar-refractivity contribution in [2.45, 2.75) is 16.6 Å². The van der Waals surface area contributed by atoms with E-state index in [1.165, 1.54) is 12.1 Å². The zero-order valence-corrected chi connectivity index (χ0v) is 11.8. The number of hydrogen-bond donors (Lipinski definition) is 0. The minimum absolute atomic E-state index is 0.0702. The fraction of sp³-hybridized carbons (Fsp3) is 0.125. The molecule has 2 rings (SSSR count). The average Bonchev–Trinajstić information content (AvgIpc) is 2.49. The van der Waals surface area contributed by atoms with E-state index in [4.69, 9.17) is 0 Å². The van der Waals surface area contributed by atoms with E-state index in [1.54, 1.807) is 42.3 Å². The van der Waals surface area contributed by atoms with Crippen molar-refractivity contribution in [3.05, 3.63) is 66.2 Å². The molecular weight excluding hydrogens is 294 g/mol. The summed E-state index contributed by atoms with van der Waals surface area (Å²) in [5, 5.41) is -4.11. The zero-order chi connectivity index (χ0) is 15.3. The van der Waals surface area contributed by atoms with Gasteiger partial charge in [-0.1, -0.05) is 54.5 Å². The first-order chi connectivity index (χ1) is 9.93. The topological polar surface area (TPSA) is 34.1 Å². The number of rotatable bonds is 3. The van der Waals surface area contributed by atoms with Crippen LogP contribution in [-0.4, -0.2) is 13.7 Å². The Morgan fingerprint density at radius 3 is 2.00 bits per heavy atom. The molecule has 0 aliphatic carbocycles. The standard InChI is InChI=1S/C16H12F2O2S/c17-16(18,13-7-10-14-8-3-1-4-9-14)21(19,20)15-11-5-2-6-12-15/h1-6,8-9,11-12H,10H2. The maximum Gasteiger partial charge on any atom is 0.411 e. The van der Waals surface area contributed by atoms with Gasteiger partial charge in [-0.25, -0.2) is 8.42 Å². The Hall–Kier alpha value is -2.19. The van der Waals surface area contributed by atoms with E-state index in [9.17, 15) is 17.2 Å². The maximum absolute atomic E-state index is 13.8. The molecule has 0 saturated heterocycles. The van der Waals surface area contributed by atoms with Crippen LogP contribution in [0.2, 0.25) is 0 Å². The van der Waals surface area contributed by atoms with Crippen molar-refractivity contribution in [2.24, 2.45) is 0 Å². The summed E-state index contributed by atoms with van der Waals surface area (Å²) in [5.74, 6) is 3.81. The van der Waals surface area contributed by atoms with Crippen molar-refractivity contribution in [3.63, 3.8) is 0 Å². The Morgan fingerprint density at radius 1 is 0.905 bits per heavy atom. The summed E-state index contributed by atoms with van der Waals surface area (Å²) in [4.78, 5) is -0.441. The van der Waals surface area contributed by atoms with Crippen molar-refractivity contribution >= 4 is 9.84 Å². The van der Waals surface area contributed by atoms with Crippen LogP contribution in [0.15, 0.2) is 65.6 Å². The highest BCUT2D eigenvalue weighted by atomic mass is 32.2. The van der Waals surface area contributed by atoms with Crippen LogP contribution in [0.5, 0.6) is 0 Å². The van der Waals surface area contributed by atoms with Crippen molar-refractivity contribution < 1.29 is 17.2 Å². The number of sulfone groups is 1. The number of alkyl halides is 2. The van der Waals surface area contributed by atoms with Gasteiger partial charge in [0.15, 0.2) is 0 Å². The van der Waals surface area contributed by atoms with Crippen LogP contribution in [0, 0.1) is 11.8 Å². The Morgan fingerprint density at radius 2 is 1.43 bits per heavy atom. The molecule has 2 aromatic rings. The van der Waals surface area contributed by atoms with Crippen LogP contribution in [-0.2, 0) is 16.3 Å². The summed E-state index contributed by atoms with van der Waals surface area (Å²) < 4.78 is 51.3. The first-order valence-electron chi connectivity index (χ1n) is 6.15. The fourth-order valence-electron chi connectivity index (χ4n) is 1.66. The highest BCUT2D eigenvalue weighted by molar-refractivity contribution is 7.92. The maximum atomic E-state index is 13.8. The Balaban J connectivity index is 2.23. The van der Waals surface area contributed by atoms with Gasteiger partial charge < -0.3 is 0 Å². The number of hydrogen-bond acceptors (Lipinski definition) is 2. The molecule has 0 atom stereocenters. The van der Waals surface area contributed by atoms with Gasteiger partial charge >= 0.3 is 5.25 Å². The minimum Gasteiger partial charge on any atom is -0.216 e. The largest absolute Gasteiger partial charge is 0.411 e. The Labute approximate surface area is 122 Å². The molecule has 0 aliphatic rings. The highest BCUT2D eigenvalue weighted by Crippen LogP contribution is 2.28. The van der Waals surface area contributed by atoms with Gasteiger partial charge in [0, 0.05) is 6.42 Å². The predicted octanol–water partition coefficient (Wildman–Crippen LogP) is 3.30. The van der Waals surface area contributed by atoms with E-state index < -0.39 is 20.0 Å². The molecule has 0 aliphatic heterocycles. The molecule has 5 heteroatoms. The molecule has 108 valence electrons. The van der Waals surface area contributed by atoms with Crippen LogP contribution in [0.3, 0.4) is 0 Å². The number of benzene rings is 2. The van der Waals surface area contributed by atoms with Crippen LogP contribution < -0.4 is 0 Å². The first kappa shape index (κ1) is 15.2. The van der Waals surface area contributed by atoms with E-state index in [0.29, 0.717) is 0 Å². The molecule has 21 heavy (non-hydrogen) atoms. The molecule has 0 unspecified atom stereocenters. The van der Waals surface area contributed by atoms with E-state index >= 15 is 0 Å². The van der Waals surface area contributed by atoms with E-state index in [0.717, 1.165) is 17.7 Å². The van der Waals surface area contributed by atoms with Gasteiger partial charge in [-0.3, -0.25) is 0 Å². The lowest BCUT2D eigenvalue weighted by molar-refractivity contribution is 0.158. The van der Waals surface area contributed by atoms with Gasteiger partial charge in [0.1, 0.15) is 0 Å². The zero-order valence-electron chi connectivity index (χ0n) is 11.0. The Bertz CT molecular complexity index is 758. The second-order valence-electron chi connectivity index (χ2n) is 4.30. The third-order valence-electron chi connectivity index (χ3n) is 2.76. The van der Waals surface area contributed by atoms with Crippen LogP contribution in [0.1, 0.15) is 5.56 Å². The smallest absolute Gasteiger partial charge is 0.216 e. The molecule has 0 aromatic heterocycles. The van der Waals surface area contributed by atoms with Crippen molar-refractivity contribution in [1.82, 2.24) is 0 Å². The summed E-state index contributed by atoms with van der Waals surface area (Å²) in [6.07, 6.45) is 0.0702. The van der Waals surface area contributed by atoms with Crippen LogP contribution in [0.25, 0.3) is 0 Å². The first-order valence-corrected chi connectivity index (χ1v) is 7.63. The molecule has 0 N–H and O–H groups in total. The molecule has 0 bridgehead atoms. The van der Waals surface area contributed by atoms with E-state index in [2.05, 4.69) is 5.92 Å². The summed E-state index contributed by atoms with van der Waals surface area (Å²) in [6.45, 7) is 0. The second kappa shape index (κ2) is 6.06. The number of halogens is 2. The monoisotopic (exact) mass is 306 g/mol. The molecule has 0 heterocycles. The third kappa shape index (κ3) is 3.47. The molecule has 0 saturated carbocycles. The highest BCUT2D eigenvalue weighted by Gasteiger charge is 2.44. The molecule has 2 aromatic carbocycles. The molecule has 0 fully saturated rings. The quantitative estimate of drug-likeness (QED) is 0.815. The van der Waals surface area contributed by atoms with Gasteiger partial charge in [-0.15, -0.1) is 0 Å². The van der Waals surface area contributed by atoms with Crippen LogP contribution >= 0.6 is 0 Å². The third-order valence-corrected chi connectivity index (χ3v) is 4.43. The molecule has 2 nitrogen and oxygen atoms in total. The SMILES string of the molecule is O=S(=O)(c1ccccc1)C(F)(F)C#CCc1ccccc1. The van der Waals surface area contributed by atoms with Crippen molar-refractivity contribution in [1.29, 1.82) is 0 Å². The van der Waals surface area contributed by atoms with Gasteiger partial charge in [0.05, 0.1) is 4.90 Å². The van der Waals surface area contributed by atoms with Crippen molar-refractivity contribution in [3.8, 4) is 11.8 Å². The lowest BCUT2D eigenvalue weighted by Gasteiger charge is -2.10. The minimum atomic E-state index is -4.80. The summed E-state index contributed by atoms with van der Waals surface area (Å²) in [5.41, 5.74) is 0.748. The van der Waals surface area contributed by atoms with Crippen LogP contribution in [0.4, 0.5) is 8.78 Å². The summed E-state index contributed by atoms with van der Waals surface area (Å²) in [7, 11) is -4.80. The normalized spacial score (nSPS) is 11.5. The van der Waals surface area contributed by atoms with E-state index in [-0.39, 0.29) is 6.42 Å².